The van der Waals surface area contributed by atoms with E-state index in [1.807, 2.05) is 12.1 Å². The highest BCUT2D eigenvalue weighted by molar-refractivity contribution is 7.98. The van der Waals surface area contributed by atoms with Gasteiger partial charge in [-0.3, -0.25) is 0 Å². The second kappa shape index (κ2) is 7.02. The summed E-state index contributed by atoms with van der Waals surface area (Å²) in [6.45, 7) is 2.09. The van der Waals surface area contributed by atoms with Crippen molar-refractivity contribution >= 4 is 17.7 Å². The second-order valence-electron chi connectivity index (χ2n) is 6.80. The van der Waals surface area contributed by atoms with E-state index < -0.39 is 0 Å². The molecule has 124 valence electrons. The van der Waals surface area contributed by atoms with Crippen LogP contribution >= 0.6 is 11.9 Å². The highest BCUT2D eigenvalue weighted by Crippen LogP contribution is 2.40. The van der Waals surface area contributed by atoms with Gasteiger partial charge in [0.1, 0.15) is 11.5 Å². The standard InChI is InChI=1S/C21H23NOS/c1-15-5-9-18(10-6-15)23-19-11-7-16(8-12-19)20-4-2-3-17-13-14-24-22-21(17)20/h5-12,17,20H,2-4,13-14H2,1H3. The van der Waals surface area contributed by atoms with Crippen LogP contribution in [-0.4, -0.2) is 11.5 Å². The van der Waals surface area contributed by atoms with Gasteiger partial charge in [-0.2, -0.15) is 0 Å². The lowest BCUT2D eigenvalue weighted by molar-refractivity contribution is 0.479. The Morgan fingerprint density at radius 1 is 0.917 bits per heavy atom. The van der Waals surface area contributed by atoms with Gasteiger partial charge in [-0.15, -0.1) is 0 Å². The van der Waals surface area contributed by atoms with Crippen LogP contribution in [0.1, 0.15) is 42.7 Å². The minimum atomic E-state index is 0.505. The van der Waals surface area contributed by atoms with Crippen molar-refractivity contribution in [2.24, 2.45) is 10.3 Å². The molecule has 0 bridgehead atoms. The fourth-order valence-corrected chi connectivity index (χ4v) is 4.65. The number of fused-ring (bicyclic) bond motifs is 1. The van der Waals surface area contributed by atoms with Crippen LogP contribution in [0.3, 0.4) is 0 Å². The molecule has 2 aliphatic rings. The highest BCUT2D eigenvalue weighted by atomic mass is 32.2. The van der Waals surface area contributed by atoms with Crippen molar-refractivity contribution in [3.05, 3.63) is 59.7 Å². The van der Waals surface area contributed by atoms with E-state index in [-0.39, 0.29) is 0 Å². The molecule has 2 atom stereocenters. The first-order valence-electron chi connectivity index (χ1n) is 8.84. The molecule has 24 heavy (non-hydrogen) atoms. The van der Waals surface area contributed by atoms with Gasteiger partial charge in [0.2, 0.25) is 0 Å². The average Bonchev–Trinajstić information content (AvgIpc) is 2.64. The van der Waals surface area contributed by atoms with Gasteiger partial charge in [-0.1, -0.05) is 36.2 Å². The number of nitrogens with zero attached hydrogens (tertiary/aromatic N) is 1. The normalized spacial score (nSPS) is 23.3. The molecule has 1 fully saturated rings. The maximum Gasteiger partial charge on any atom is 0.127 e. The highest BCUT2D eigenvalue weighted by Gasteiger charge is 2.31. The van der Waals surface area contributed by atoms with E-state index in [1.165, 1.54) is 48.3 Å². The van der Waals surface area contributed by atoms with Crippen LogP contribution < -0.4 is 4.74 Å². The summed E-state index contributed by atoms with van der Waals surface area (Å²) in [5, 5.41) is 0. The maximum absolute atomic E-state index is 5.95. The van der Waals surface area contributed by atoms with Crippen LogP contribution in [0.25, 0.3) is 0 Å². The lowest BCUT2D eigenvalue weighted by Crippen LogP contribution is -2.29. The molecule has 2 nitrogen and oxygen atoms in total. The summed E-state index contributed by atoms with van der Waals surface area (Å²) in [7, 11) is 0. The Morgan fingerprint density at radius 2 is 1.62 bits per heavy atom. The number of hydrogen-bond donors (Lipinski definition) is 0. The summed E-state index contributed by atoms with van der Waals surface area (Å²) >= 11 is 1.75. The first kappa shape index (κ1) is 15.8. The van der Waals surface area contributed by atoms with E-state index in [4.69, 9.17) is 9.13 Å². The van der Waals surface area contributed by atoms with Crippen molar-refractivity contribution in [3.8, 4) is 11.5 Å². The molecule has 0 N–H and O–H groups in total. The maximum atomic E-state index is 5.95. The zero-order valence-electron chi connectivity index (χ0n) is 14.1. The Kier molecular flexibility index (Phi) is 4.61. The molecular formula is C21H23NOS. The topological polar surface area (TPSA) is 21.6 Å². The third kappa shape index (κ3) is 3.36. The second-order valence-corrected chi connectivity index (χ2v) is 7.65. The van der Waals surface area contributed by atoms with E-state index in [1.54, 1.807) is 11.9 Å². The van der Waals surface area contributed by atoms with Crippen molar-refractivity contribution in [1.29, 1.82) is 0 Å². The molecule has 1 aliphatic carbocycles. The first-order valence-corrected chi connectivity index (χ1v) is 9.78. The molecule has 2 aromatic rings. The Hall–Kier alpha value is -1.74. The molecule has 1 aliphatic heterocycles. The molecule has 1 saturated carbocycles. The smallest absolute Gasteiger partial charge is 0.127 e. The minimum Gasteiger partial charge on any atom is -0.457 e. The molecule has 4 rings (SSSR count). The number of rotatable bonds is 3. The third-order valence-corrected chi connectivity index (χ3v) is 5.85. The number of aryl methyl sites for hydroxylation is 1. The summed E-state index contributed by atoms with van der Waals surface area (Å²) in [6.07, 6.45) is 5.17. The van der Waals surface area contributed by atoms with E-state index in [2.05, 4.69) is 43.3 Å². The minimum absolute atomic E-state index is 0.505. The van der Waals surface area contributed by atoms with E-state index in [0.29, 0.717) is 11.8 Å². The zero-order chi connectivity index (χ0) is 16.4. The SMILES string of the molecule is Cc1ccc(Oc2ccc(C3CCCC4CCSN=C43)cc2)cc1. The number of ether oxygens (including phenoxy) is 1. The summed E-state index contributed by atoms with van der Waals surface area (Å²) in [5.41, 5.74) is 4.07. The molecule has 2 unspecified atom stereocenters. The quantitative estimate of drug-likeness (QED) is 0.625. The van der Waals surface area contributed by atoms with Gasteiger partial charge in [0.15, 0.2) is 0 Å². The number of hydrogen-bond acceptors (Lipinski definition) is 3. The molecule has 3 heteroatoms. The monoisotopic (exact) mass is 337 g/mol. The Bertz CT molecular complexity index is 721. The van der Waals surface area contributed by atoms with Crippen molar-refractivity contribution in [2.45, 2.75) is 38.5 Å². The van der Waals surface area contributed by atoms with Gasteiger partial charge < -0.3 is 4.74 Å². The van der Waals surface area contributed by atoms with Crippen molar-refractivity contribution < 1.29 is 4.74 Å². The molecule has 0 spiro atoms. The fraction of sp³-hybridized carbons (Fsp3) is 0.381. The molecule has 0 saturated heterocycles. The van der Waals surface area contributed by atoms with Crippen LogP contribution in [0, 0.1) is 12.8 Å². The van der Waals surface area contributed by atoms with Gasteiger partial charge >= 0.3 is 0 Å². The van der Waals surface area contributed by atoms with E-state index in [0.717, 1.165) is 11.5 Å². The summed E-state index contributed by atoms with van der Waals surface area (Å²) < 4.78 is 10.8. The van der Waals surface area contributed by atoms with E-state index >= 15 is 0 Å². The van der Waals surface area contributed by atoms with E-state index in [9.17, 15) is 0 Å². The molecule has 2 aromatic carbocycles. The molecule has 0 amide bonds. The molecule has 0 radical (unpaired) electrons. The zero-order valence-corrected chi connectivity index (χ0v) is 14.9. The molecular weight excluding hydrogens is 314 g/mol. The van der Waals surface area contributed by atoms with Crippen LogP contribution in [0.2, 0.25) is 0 Å². The molecule has 1 heterocycles. The van der Waals surface area contributed by atoms with Crippen LogP contribution in [0.15, 0.2) is 52.9 Å². The predicted octanol–water partition coefficient (Wildman–Crippen LogP) is 6.16. The van der Waals surface area contributed by atoms with Gasteiger partial charge in [-0.05, 0) is 73.9 Å². The Morgan fingerprint density at radius 3 is 2.38 bits per heavy atom. The van der Waals surface area contributed by atoms with Crippen molar-refractivity contribution in [1.82, 2.24) is 0 Å². The Balaban J connectivity index is 1.51. The lowest BCUT2D eigenvalue weighted by atomic mass is 9.75. The average molecular weight is 337 g/mol. The van der Waals surface area contributed by atoms with Gasteiger partial charge in [0.05, 0.1) is 0 Å². The van der Waals surface area contributed by atoms with Crippen molar-refractivity contribution in [2.75, 3.05) is 5.75 Å². The summed E-state index contributed by atoms with van der Waals surface area (Å²) in [5.74, 6) is 4.19. The largest absolute Gasteiger partial charge is 0.457 e. The van der Waals surface area contributed by atoms with Crippen LogP contribution in [0.5, 0.6) is 11.5 Å². The predicted molar refractivity (Wildman–Crippen MR) is 102 cm³/mol. The number of benzene rings is 2. The van der Waals surface area contributed by atoms with Crippen LogP contribution in [-0.2, 0) is 0 Å². The fourth-order valence-electron chi connectivity index (χ4n) is 3.74. The van der Waals surface area contributed by atoms with Gasteiger partial charge in [0, 0.05) is 17.4 Å². The van der Waals surface area contributed by atoms with Gasteiger partial charge in [0.25, 0.3) is 0 Å². The molecule has 0 aromatic heterocycles. The first-order chi connectivity index (χ1) is 11.8. The third-order valence-electron chi connectivity index (χ3n) is 5.09. The summed E-state index contributed by atoms with van der Waals surface area (Å²) in [6, 6.07) is 16.8. The summed E-state index contributed by atoms with van der Waals surface area (Å²) in [4.78, 5) is 0. The van der Waals surface area contributed by atoms with Crippen molar-refractivity contribution in [3.63, 3.8) is 0 Å². The van der Waals surface area contributed by atoms with Crippen LogP contribution in [0.4, 0.5) is 0 Å². The van der Waals surface area contributed by atoms with Gasteiger partial charge in [-0.25, -0.2) is 4.40 Å². The lowest BCUT2D eigenvalue weighted by Gasteiger charge is -2.33. The Labute approximate surface area is 148 Å².